The fraction of sp³-hybridized carbons (Fsp3) is 0.786. The van der Waals surface area contributed by atoms with Crippen molar-refractivity contribution < 1.29 is 0 Å². The van der Waals surface area contributed by atoms with Gasteiger partial charge in [-0.2, -0.15) is 0 Å². The lowest BCUT2D eigenvalue weighted by Gasteiger charge is -2.39. The molecular weight excluding hydrogens is 336 g/mol. The van der Waals surface area contributed by atoms with Crippen LogP contribution in [0.3, 0.4) is 0 Å². The van der Waals surface area contributed by atoms with Crippen LogP contribution in [0.1, 0.15) is 115 Å². The normalized spacial score (nSPS) is 30.7. The molecule has 2 fully saturated rings. The van der Waals surface area contributed by atoms with Crippen molar-refractivity contribution in [1.29, 1.82) is 0 Å². The topological polar surface area (TPSA) is 0 Å². The van der Waals surface area contributed by atoms with Crippen molar-refractivity contribution in [3.05, 3.63) is 35.4 Å². The number of rotatable bonds is 8. The molecule has 158 valence electrons. The zero-order valence-corrected chi connectivity index (χ0v) is 19.3. The Morgan fingerprint density at radius 1 is 0.786 bits per heavy atom. The van der Waals surface area contributed by atoms with Gasteiger partial charge in [0.15, 0.2) is 0 Å². The van der Waals surface area contributed by atoms with Crippen molar-refractivity contribution in [2.75, 3.05) is 0 Å². The van der Waals surface area contributed by atoms with Crippen LogP contribution in [-0.4, -0.2) is 0 Å². The predicted molar refractivity (Wildman–Crippen MR) is 124 cm³/mol. The van der Waals surface area contributed by atoms with Crippen LogP contribution in [-0.2, 0) is 6.42 Å². The molecule has 1 aromatic carbocycles. The first-order valence-corrected chi connectivity index (χ1v) is 12.7. The Balaban J connectivity index is 1.43. The van der Waals surface area contributed by atoms with Gasteiger partial charge in [0.1, 0.15) is 0 Å². The van der Waals surface area contributed by atoms with Gasteiger partial charge < -0.3 is 0 Å². The van der Waals surface area contributed by atoms with Crippen LogP contribution >= 0.6 is 0 Å². The first-order valence-electron chi connectivity index (χ1n) is 12.7. The minimum atomic E-state index is 0.807. The highest BCUT2D eigenvalue weighted by atomic mass is 14.4. The summed E-state index contributed by atoms with van der Waals surface area (Å²) in [5.41, 5.74) is 3.14. The van der Waals surface area contributed by atoms with Gasteiger partial charge in [-0.1, -0.05) is 71.2 Å². The molecule has 3 rings (SSSR count). The SMILES string of the molecule is CCCC(C)C1CCC(C2CCC(c3ccc(CC(C)CC)cc3)CC2)CC1. The van der Waals surface area contributed by atoms with E-state index in [1.807, 2.05) is 0 Å². The van der Waals surface area contributed by atoms with Gasteiger partial charge in [-0.25, -0.2) is 0 Å². The van der Waals surface area contributed by atoms with E-state index < -0.39 is 0 Å². The summed E-state index contributed by atoms with van der Waals surface area (Å²) < 4.78 is 0. The van der Waals surface area contributed by atoms with E-state index in [1.165, 1.54) is 82.6 Å². The molecule has 0 amide bonds. The monoisotopic (exact) mass is 382 g/mol. The molecule has 2 saturated carbocycles. The molecule has 2 aliphatic rings. The lowest BCUT2D eigenvalue weighted by atomic mass is 9.66. The average Bonchev–Trinajstić information content (AvgIpc) is 2.74. The molecule has 0 aromatic heterocycles. The molecule has 2 unspecified atom stereocenters. The third kappa shape index (κ3) is 5.87. The van der Waals surface area contributed by atoms with Gasteiger partial charge in [-0.05, 0) is 104 Å². The van der Waals surface area contributed by atoms with Crippen LogP contribution in [0.15, 0.2) is 24.3 Å². The standard InChI is InChI=1S/C28H46/c1-5-7-22(4)24-12-14-26(15-13-24)28-18-16-27(17-19-28)25-10-8-23(9-11-25)20-21(3)6-2/h8-11,21-22,24,26-28H,5-7,12-20H2,1-4H3. The zero-order chi connectivity index (χ0) is 19.9. The predicted octanol–water partition coefficient (Wildman–Crippen LogP) is 8.79. The molecule has 0 heteroatoms. The number of benzene rings is 1. The van der Waals surface area contributed by atoms with Gasteiger partial charge in [-0.3, -0.25) is 0 Å². The van der Waals surface area contributed by atoms with E-state index in [2.05, 4.69) is 52.0 Å². The molecule has 28 heavy (non-hydrogen) atoms. The average molecular weight is 383 g/mol. The van der Waals surface area contributed by atoms with Crippen molar-refractivity contribution in [2.24, 2.45) is 29.6 Å². The third-order valence-electron chi connectivity index (χ3n) is 8.54. The lowest BCUT2D eigenvalue weighted by Crippen LogP contribution is -2.27. The Hall–Kier alpha value is -0.780. The molecule has 0 heterocycles. The largest absolute Gasteiger partial charge is 0.0654 e. The summed E-state index contributed by atoms with van der Waals surface area (Å²) >= 11 is 0. The van der Waals surface area contributed by atoms with Crippen molar-refractivity contribution in [3.8, 4) is 0 Å². The number of hydrogen-bond donors (Lipinski definition) is 0. The summed E-state index contributed by atoms with van der Waals surface area (Å²) in [5, 5.41) is 0. The van der Waals surface area contributed by atoms with Crippen molar-refractivity contribution in [2.45, 2.75) is 111 Å². The minimum absolute atomic E-state index is 0.807. The highest BCUT2D eigenvalue weighted by molar-refractivity contribution is 5.26. The minimum Gasteiger partial charge on any atom is -0.0654 e. The Morgan fingerprint density at radius 3 is 1.89 bits per heavy atom. The first-order chi connectivity index (χ1) is 13.6. The summed E-state index contributed by atoms with van der Waals surface area (Å²) in [4.78, 5) is 0. The molecule has 0 spiro atoms. The van der Waals surface area contributed by atoms with Crippen LogP contribution < -0.4 is 0 Å². The lowest BCUT2D eigenvalue weighted by molar-refractivity contribution is 0.136. The van der Waals surface area contributed by atoms with Crippen LogP contribution in [0.4, 0.5) is 0 Å². The van der Waals surface area contributed by atoms with E-state index >= 15 is 0 Å². The summed E-state index contributed by atoms with van der Waals surface area (Å²) in [6.07, 6.45) is 17.2. The summed E-state index contributed by atoms with van der Waals surface area (Å²) in [5.74, 6) is 5.70. The maximum atomic E-state index is 2.51. The fourth-order valence-corrected chi connectivity index (χ4v) is 6.27. The first kappa shape index (κ1) is 21.9. The molecule has 0 bridgehead atoms. The van der Waals surface area contributed by atoms with Crippen LogP contribution in [0.2, 0.25) is 0 Å². The maximum absolute atomic E-state index is 2.51. The molecule has 1 aromatic rings. The summed E-state index contributed by atoms with van der Waals surface area (Å²) in [6, 6.07) is 9.71. The molecular formula is C28H46. The molecule has 0 radical (unpaired) electrons. The quantitative estimate of drug-likeness (QED) is 0.421. The highest BCUT2D eigenvalue weighted by Gasteiger charge is 2.32. The molecule has 2 atom stereocenters. The van der Waals surface area contributed by atoms with Crippen LogP contribution in [0.25, 0.3) is 0 Å². The fourth-order valence-electron chi connectivity index (χ4n) is 6.27. The van der Waals surface area contributed by atoms with Crippen LogP contribution in [0.5, 0.6) is 0 Å². The Bertz CT molecular complexity index is 540. The van der Waals surface area contributed by atoms with E-state index in [4.69, 9.17) is 0 Å². The van der Waals surface area contributed by atoms with E-state index in [-0.39, 0.29) is 0 Å². The summed E-state index contributed by atoms with van der Waals surface area (Å²) in [6.45, 7) is 9.52. The van der Waals surface area contributed by atoms with Crippen molar-refractivity contribution in [3.63, 3.8) is 0 Å². The van der Waals surface area contributed by atoms with Crippen molar-refractivity contribution in [1.82, 2.24) is 0 Å². The van der Waals surface area contributed by atoms with Gasteiger partial charge >= 0.3 is 0 Å². The number of hydrogen-bond acceptors (Lipinski definition) is 0. The second-order valence-electron chi connectivity index (χ2n) is 10.5. The van der Waals surface area contributed by atoms with Crippen molar-refractivity contribution >= 4 is 0 Å². The zero-order valence-electron chi connectivity index (χ0n) is 19.3. The Labute approximate surface area is 175 Å². The van der Waals surface area contributed by atoms with Crippen LogP contribution in [0, 0.1) is 29.6 Å². The Kier molecular flexibility index (Phi) is 8.49. The molecule has 2 aliphatic carbocycles. The smallest absolute Gasteiger partial charge is 0.0162 e. The van der Waals surface area contributed by atoms with E-state index in [0.717, 1.165) is 35.5 Å². The van der Waals surface area contributed by atoms with Gasteiger partial charge in [0, 0.05) is 0 Å². The second kappa shape index (κ2) is 10.8. The third-order valence-corrected chi connectivity index (χ3v) is 8.54. The highest BCUT2D eigenvalue weighted by Crippen LogP contribution is 2.45. The maximum Gasteiger partial charge on any atom is -0.0162 e. The van der Waals surface area contributed by atoms with Gasteiger partial charge in [0.05, 0.1) is 0 Å². The van der Waals surface area contributed by atoms with Gasteiger partial charge in [0.25, 0.3) is 0 Å². The second-order valence-corrected chi connectivity index (χ2v) is 10.5. The van der Waals surface area contributed by atoms with Gasteiger partial charge in [-0.15, -0.1) is 0 Å². The molecule has 0 N–H and O–H groups in total. The molecule has 0 saturated heterocycles. The Morgan fingerprint density at radius 2 is 1.36 bits per heavy atom. The molecule has 0 nitrogen and oxygen atoms in total. The summed E-state index contributed by atoms with van der Waals surface area (Å²) in [7, 11) is 0. The van der Waals surface area contributed by atoms with E-state index in [9.17, 15) is 0 Å². The molecule has 0 aliphatic heterocycles. The van der Waals surface area contributed by atoms with Gasteiger partial charge in [0.2, 0.25) is 0 Å². The van der Waals surface area contributed by atoms with E-state index in [1.54, 1.807) is 5.56 Å². The van der Waals surface area contributed by atoms with E-state index in [0.29, 0.717) is 0 Å².